The summed E-state index contributed by atoms with van der Waals surface area (Å²) in [5, 5.41) is 15.8. The zero-order valence-corrected chi connectivity index (χ0v) is 10.7. The number of nitriles is 1. The molecule has 20 heavy (non-hydrogen) atoms. The van der Waals surface area contributed by atoms with E-state index in [4.69, 9.17) is 11.0 Å². The Hall–Kier alpha value is -2.88. The first-order valence-electron chi connectivity index (χ1n) is 5.77. The van der Waals surface area contributed by atoms with Gasteiger partial charge in [0.05, 0.1) is 5.56 Å². The summed E-state index contributed by atoms with van der Waals surface area (Å²) in [6.07, 6.45) is 1.51. The first kappa shape index (κ1) is 13.5. The number of aromatic nitrogens is 2. The van der Waals surface area contributed by atoms with Crippen LogP contribution in [0.4, 0.5) is 10.2 Å². The molecule has 0 bridgehead atoms. The van der Waals surface area contributed by atoms with Crippen molar-refractivity contribution in [2.24, 2.45) is 12.8 Å². The third-order valence-electron chi connectivity index (χ3n) is 2.71. The maximum atomic E-state index is 13.2. The number of hydrogen-bond donors (Lipinski definition) is 2. The molecule has 0 fully saturated rings. The molecule has 0 aliphatic heterocycles. The van der Waals surface area contributed by atoms with Crippen molar-refractivity contribution in [3.05, 3.63) is 46.9 Å². The average Bonchev–Trinajstić information content (AvgIpc) is 2.79. The molecule has 0 aliphatic rings. The zero-order valence-electron chi connectivity index (χ0n) is 10.7. The molecular weight excluding hydrogens is 261 g/mol. The van der Waals surface area contributed by atoms with E-state index < -0.39 is 11.7 Å². The summed E-state index contributed by atoms with van der Waals surface area (Å²) >= 11 is 0. The number of rotatable bonds is 4. The summed E-state index contributed by atoms with van der Waals surface area (Å²) in [4.78, 5) is 11.2. The molecule has 1 amide bonds. The molecule has 7 heteroatoms. The topological polar surface area (TPSA) is 96.7 Å². The van der Waals surface area contributed by atoms with Crippen LogP contribution in [0.25, 0.3) is 0 Å². The highest BCUT2D eigenvalue weighted by atomic mass is 19.1. The van der Waals surface area contributed by atoms with Gasteiger partial charge in [-0.15, -0.1) is 0 Å². The number of benzene rings is 1. The molecule has 2 aromatic rings. The quantitative estimate of drug-likeness (QED) is 0.873. The van der Waals surface area contributed by atoms with Crippen molar-refractivity contribution in [1.82, 2.24) is 9.78 Å². The van der Waals surface area contributed by atoms with Crippen molar-refractivity contribution in [3.8, 4) is 6.07 Å². The van der Waals surface area contributed by atoms with E-state index in [1.165, 1.54) is 23.0 Å². The lowest BCUT2D eigenvalue weighted by Crippen LogP contribution is -2.13. The highest BCUT2D eigenvalue weighted by Crippen LogP contribution is 2.15. The fourth-order valence-corrected chi connectivity index (χ4v) is 1.75. The Morgan fingerprint density at radius 1 is 1.60 bits per heavy atom. The molecule has 0 radical (unpaired) electrons. The van der Waals surface area contributed by atoms with Crippen LogP contribution in [-0.4, -0.2) is 15.7 Å². The van der Waals surface area contributed by atoms with E-state index in [-0.39, 0.29) is 11.1 Å². The summed E-state index contributed by atoms with van der Waals surface area (Å²) in [6.45, 7) is 0.298. The summed E-state index contributed by atoms with van der Waals surface area (Å²) in [6, 6.07) is 5.99. The molecule has 0 atom stereocenters. The van der Waals surface area contributed by atoms with Crippen LogP contribution in [0.15, 0.2) is 24.4 Å². The second-order valence-corrected chi connectivity index (χ2v) is 4.21. The number of nitrogens with one attached hydrogen (secondary N) is 1. The normalized spacial score (nSPS) is 10.1. The lowest BCUT2D eigenvalue weighted by atomic mass is 10.1. The van der Waals surface area contributed by atoms with Gasteiger partial charge in [-0.1, -0.05) is 6.07 Å². The number of carbonyl (C=O) groups is 1. The second-order valence-electron chi connectivity index (χ2n) is 4.21. The fourth-order valence-electron chi connectivity index (χ4n) is 1.75. The van der Waals surface area contributed by atoms with Gasteiger partial charge in [0.15, 0.2) is 5.82 Å². The highest BCUT2D eigenvalue weighted by molar-refractivity contribution is 5.97. The van der Waals surface area contributed by atoms with E-state index in [1.54, 1.807) is 19.2 Å². The Labute approximate surface area is 114 Å². The van der Waals surface area contributed by atoms with Crippen LogP contribution >= 0.6 is 0 Å². The second kappa shape index (κ2) is 5.40. The number of anilines is 1. The molecule has 1 aromatic carbocycles. The number of amides is 1. The van der Waals surface area contributed by atoms with E-state index in [0.717, 1.165) is 0 Å². The van der Waals surface area contributed by atoms with Crippen molar-refractivity contribution in [1.29, 1.82) is 5.26 Å². The Kier molecular flexibility index (Phi) is 3.66. The Morgan fingerprint density at radius 2 is 2.35 bits per heavy atom. The lowest BCUT2D eigenvalue weighted by Gasteiger charge is -2.05. The number of halogens is 1. The van der Waals surface area contributed by atoms with Gasteiger partial charge in [-0.25, -0.2) is 4.39 Å². The predicted octanol–water partition coefficient (Wildman–Crippen LogP) is 1.14. The van der Waals surface area contributed by atoms with Crippen LogP contribution in [0.3, 0.4) is 0 Å². The maximum Gasteiger partial charge on any atom is 0.254 e. The predicted molar refractivity (Wildman–Crippen MR) is 70.2 cm³/mol. The van der Waals surface area contributed by atoms with Crippen molar-refractivity contribution in [2.45, 2.75) is 6.54 Å². The van der Waals surface area contributed by atoms with Gasteiger partial charge in [-0.05, 0) is 17.7 Å². The Morgan fingerprint density at radius 3 is 3.00 bits per heavy atom. The lowest BCUT2D eigenvalue weighted by molar-refractivity contribution is 0.100. The summed E-state index contributed by atoms with van der Waals surface area (Å²) < 4.78 is 14.7. The summed E-state index contributed by atoms with van der Waals surface area (Å²) in [5.41, 5.74) is 6.18. The standard InChI is InChI=1S/C13H12FN5O/c1-19-7-10(12(16)20)13(18-19)17-6-8-2-3-11(14)9(4-8)5-15/h2-4,7H,6H2,1H3,(H2,16,20)(H,17,18). The Balaban J connectivity index is 2.17. The van der Waals surface area contributed by atoms with Gasteiger partial charge in [0.1, 0.15) is 17.4 Å². The van der Waals surface area contributed by atoms with Crippen LogP contribution in [0.5, 0.6) is 0 Å². The SMILES string of the molecule is Cn1cc(C(N)=O)c(NCc2ccc(F)c(C#N)c2)n1. The molecular formula is C13H12FN5O. The number of hydrogen-bond acceptors (Lipinski definition) is 4. The Bertz CT molecular complexity index is 701. The van der Waals surface area contributed by atoms with Gasteiger partial charge in [-0.3, -0.25) is 9.48 Å². The van der Waals surface area contributed by atoms with Crippen molar-refractivity contribution in [2.75, 3.05) is 5.32 Å². The molecule has 1 aromatic heterocycles. The minimum Gasteiger partial charge on any atom is -0.365 e. The van der Waals surface area contributed by atoms with Gasteiger partial charge in [0.2, 0.25) is 0 Å². The highest BCUT2D eigenvalue weighted by Gasteiger charge is 2.12. The molecule has 6 nitrogen and oxygen atoms in total. The van der Waals surface area contributed by atoms with Crippen LogP contribution in [0.1, 0.15) is 21.5 Å². The van der Waals surface area contributed by atoms with Crippen LogP contribution in [0, 0.1) is 17.1 Å². The number of carbonyl (C=O) groups excluding carboxylic acids is 1. The van der Waals surface area contributed by atoms with E-state index >= 15 is 0 Å². The summed E-state index contributed by atoms with van der Waals surface area (Å²) in [5.74, 6) is -0.799. The minimum atomic E-state index is -0.586. The van der Waals surface area contributed by atoms with E-state index in [9.17, 15) is 9.18 Å². The summed E-state index contributed by atoms with van der Waals surface area (Å²) in [7, 11) is 1.67. The molecule has 0 aliphatic carbocycles. The van der Waals surface area contributed by atoms with Crippen molar-refractivity contribution >= 4 is 11.7 Å². The van der Waals surface area contributed by atoms with E-state index in [1.807, 2.05) is 0 Å². The third-order valence-corrected chi connectivity index (χ3v) is 2.71. The number of primary amides is 1. The molecule has 0 saturated heterocycles. The van der Waals surface area contributed by atoms with Crippen LogP contribution in [0.2, 0.25) is 0 Å². The monoisotopic (exact) mass is 273 g/mol. The number of aryl methyl sites for hydroxylation is 1. The van der Waals surface area contributed by atoms with Gasteiger partial charge in [0, 0.05) is 19.8 Å². The van der Waals surface area contributed by atoms with Gasteiger partial charge >= 0.3 is 0 Å². The van der Waals surface area contributed by atoms with Crippen LogP contribution < -0.4 is 11.1 Å². The first-order valence-corrected chi connectivity index (χ1v) is 5.77. The molecule has 3 N–H and O–H groups in total. The molecule has 0 unspecified atom stereocenters. The van der Waals surface area contributed by atoms with E-state index in [2.05, 4.69) is 10.4 Å². The third kappa shape index (κ3) is 2.75. The minimum absolute atomic E-state index is 0.0274. The maximum absolute atomic E-state index is 13.2. The smallest absolute Gasteiger partial charge is 0.254 e. The number of nitrogens with two attached hydrogens (primary N) is 1. The molecule has 0 saturated carbocycles. The largest absolute Gasteiger partial charge is 0.365 e. The first-order chi connectivity index (χ1) is 9.51. The molecule has 0 spiro atoms. The molecule has 2 rings (SSSR count). The molecule has 102 valence electrons. The van der Waals surface area contributed by atoms with Crippen molar-refractivity contribution < 1.29 is 9.18 Å². The number of nitrogens with zero attached hydrogens (tertiary/aromatic N) is 3. The van der Waals surface area contributed by atoms with Gasteiger partial charge < -0.3 is 11.1 Å². The zero-order chi connectivity index (χ0) is 14.7. The average molecular weight is 273 g/mol. The van der Waals surface area contributed by atoms with Gasteiger partial charge in [-0.2, -0.15) is 10.4 Å². The van der Waals surface area contributed by atoms with Crippen LogP contribution in [-0.2, 0) is 13.6 Å². The fraction of sp³-hybridized carbons (Fsp3) is 0.154. The van der Waals surface area contributed by atoms with Gasteiger partial charge in [0.25, 0.3) is 5.91 Å². The van der Waals surface area contributed by atoms with Crippen molar-refractivity contribution in [3.63, 3.8) is 0 Å². The van der Waals surface area contributed by atoms with E-state index in [0.29, 0.717) is 17.9 Å². The molecule has 1 heterocycles.